The lowest BCUT2D eigenvalue weighted by Gasteiger charge is -2.27. The molecule has 2 rings (SSSR count). The Labute approximate surface area is 72.2 Å². The Bertz CT molecular complexity index is 205. The van der Waals surface area contributed by atoms with Crippen molar-refractivity contribution in [2.24, 2.45) is 23.5 Å². The summed E-state index contributed by atoms with van der Waals surface area (Å²) in [5.41, 5.74) is 5.95. The van der Waals surface area contributed by atoms with E-state index in [-0.39, 0.29) is 12.0 Å². The van der Waals surface area contributed by atoms with E-state index in [4.69, 9.17) is 10.5 Å². The molecule has 0 radical (unpaired) electrons. The molecule has 0 spiro atoms. The van der Waals surface area contributed by atoms with Gasteiger partial charge in [-0.2, -0.15) is 0 Å². The largest absolute Gasteiger partial charge is 0.368 e. The van der Waals surface area contributed by atoms with Gasteiger partial charge >= 0.3 is 0 Å². The van der Waals surface area contributed by atoms with Crippen molar-refractivity contribution in [1.29, 1.82) is 0 Å². The predicted molar refractivity (Wildman–Crippen MR) is 45.2 cm³/mol. The van der Waals surface area contributed by atoms with Gasteiger partial charge in [-0.05, 0) is 18.3 Å². The minimum Gasteiger partial charge on any atom is -0.368 e. The van der Waals surface area contributed by atoms with Crippen LogP contribution in [0.15, 0.2) is 12.2 Å². The first-order valence-electron chi connectivity index (χ1n) is 4.39. The first kappa shape index (κ1) is 8.23. The molecule has 1 fully saturated rings. The van der Waals surface area contributed by atoms with Crippen LogP contribution in [0.3, 0.4) is 0 Å². The standard InChI is InChI=1S/C9H15NO2/c1-12-9(11)7-5-2-3-6(4-5)8(7)10/h2-3,5-9,11H,4,10H2,1H3. The number of fused-ring (bicyclic) bond motifs is 2. The highest BCUT2D eigenvalue weighted by Crippen LogP contribution is 2.44. The molecule has 3 heteroatoms. The van der Waals surface area contributed by atoms with Crippen molar-refractivity contribution in [3.8, 4) is 0 Å². The predicted octanol–water partition coefficient (Wildman–Crippen LogP) is 0.101. The SMILES string of the molecule is COC(O)C1C2C=CC(C2)C1N. The molecule has 0 heterocycles. The van der Waals surface area contributed by atoms with Gasteiger partial charge in [0.25, 0.3) is 0 Å². The molecule has 0 aromatic heterocycles. The van der Waals surface area contributed by atoms with Crippen LogP contribution in [0.1, 0.15) is 6.42 Å². The molecular weight excluding hydrogens is 154 g/mol. The van der Waals surface area contributed by atoms with E-state index in [1.807, 2.05) is 0 Å². The fourth-order valence-electron chi connectivity index (χ4n) is 2.46. The summed E-state index contributed by atoms with van der Waals surface area (Å²) >= 11 is 0. The van der Waals surface area contributed by atoms with Crippen LogP contribution in [0.25, 0.3) is 0 Å². The topological polar surface area (TPSA) is 55.5 Å². The van der Waals surface area contributed by atoms with Crippen molar-refractivity contribution >= 4 is 0 Å². The van der Waals surface area contributed by atoms with E-state index >= 15 is 0 Å². The Hall–Kier alpha value is -0.380. The van der Waals surface area contributed by atoms with E-state index in [2.05, 4.69) is 12.2 Å². The van der Waals surface area contributed by atoms with Crippen LogP contribution in [-0.2, 0) is 4.74 Å². The summed E-state index contributed by atoms with van der Waals surface area (Å²) in [7, 11) is 1.52. The van der Waals surface area contributed by atoms with Crippen LogP contribution < -0.4 is 5.73 Å². The number of hydrogen-bond donors (Lipinski definition) is 2. The molecule has 2 aliphatic rings. The van der Waals surface area contributed by atoms with Gasteiger partial charge in [0.2, 0.25) is 0 Å². The number of methoxy groups -OCH3 is 1. The van der Waals surface area contributed by atoms with E-state index in [0.29, 0.717) is 11.8 Å². The van der Waals surface area contributed by atoms with E-state index in [0.717, 1.165) is 6.42 Å². The van der Waals surface area contributed by atoms with Gasteiger partial charge in [0.15, 0.2) is 6.29 Å². The first-order chi connectivity index (χ1) is 5.74. The summed E-state index contributed by atoms with van der Waals surface area (Å²) < 4.78 is 4.90. The van der Waals surface area contributed by atoms with Crippen LogP contribution in [0.4, 0.5) is 0 Å². The highest BCUT2D eigenvalue weighted by molar-refractivity contribution is 5.15. The molecule has 0 aliphatic heterocycles. The molecular formula is C9H15NO2. The second-order valence-electron chi connectivity index (χ2n) is 3.73. The quantitative estimate of drug-likeness (QED) is 0.455. The van der Waals surface area contributed by atoms with E-state index in [9.17, 15) is 5.11 Å². The zero-order valence-corrected chi connectivity index (χ0v) is 7.18. The van der Waals surface area contributed by atoms with E-state index in [1.165, 1.54) is 7.11 Å². The summed E-state index contributed by atoms with van der Waals surface area (Å²) in [6.45, 7) is 0. The van der Waals surface area contributed by atoms with E-state index < -0.39 is 6.29 Å². The number of hydrogen-bond acceptors (Lipinski definition) is 3. The average molecular weight is 169 g/mol. The van der Waals surface area contributed by atoms with Gasteiger partial charge in [-0.3, -0.25) is 0 Å². The van der Waals surface area contributed by atoms with Crippen molar-refractivity contribution in [3.63, 3.8) is 0 Å². The molecule has 5 atom stereocenters. The maximum Gasteiger partial charge on any atom is 0.159 e. The third-order valence-electron chi connectivity index (χ3n) is 3.15. The number of aliphatic hydroxyl groups is 1. The number of aliphatic hydroxyl groups excluding tert-OH is 1. The summed E-state index contributed by atoms with van der Waals surface area (Å²) in [6.07, 6.45) is 4.71. The van der Waals surface area contributed by atoms with Crippen LogP contribution >= 0.6 is 0 Å². The highest BCUT2D eigenvalue weighted by atomic mass is 16.6. The molecule has 0 aromatic rings. The summed E-state index contributed by atoms with van der Waals surface area (Å²) in [5.74, 6) is 0.995. The molecule has 0 aromatic carbocycles. The lowest BCUT2D eigenvalue weighted by atomic mass is 9.89. The molecule has 2 bridgehead atoms. The van der Waals surface area contributed by atoms with Crippen molar-refractivity contribution in [3.05, 3.63) is 12.2 Å². The lowest BCUT2D eigenvalue weighted by Crippen LogP contribution is -2.41. The minimum absolute atomic E-state index is 0.0787. The molecule has 5 unspecified atom stereocenters. The van der Waals surface area contributed by atoms with Crippen LogP contribution in [0, 0.1) is 17.8 Å². The van der Waals surface area contributed by atoms with Crippen LogP contribution in [-0.4, -0.2) is 24.5 Å². The van der Waals surface area contributed by atoms with Crippen molar-refractivity contribution in [2.45, 2.75) is 18.8 Å². The second kappa shape index (κ2) is 2.83. The van der Waals surface area contributed by atoms with Gasteiger partial charge in [0.1, 0.15) is 0 Å². The molecule has 1 saturated carbocycles. The maximum atomic E-state index is 9.51. The maximum absolute atomic E-state index is 9.51. The fraction of sp³-hybridized carbons (Fsp3) is 0.778. The smallest absolute Gasteiger partial charge is 0.159 e. The molecule has 0 saturated heterocycles. The van der Waals surface area contributed by atoms with Gasteiger partial charge in [-0.1, -0.05) is 12.2 Å². The Morgan fingerprint density at radius 3 is 2.67 bits per heavy atom. The molecule has 3 nitrogen and oxygen atoms in total. The molecule has 3 N–H and O–H groups in total. The van der Waals surface area contributed by atoms with Crippen molar-refractivity contribution in [1.82, 2.24) is 0 Å². The van der Waals surface area contributed by atoms with Crippen molar-refractivity contribution in [2.75, 3.05) is 7.11 Å². The Balaban J connectivity index is 2.12. The second-order valence-corrected chi connectivity index (χ2v) is 3.73. The normalized spacial score (nSPS) is 46.9. The van der Waals surface area contributed by atoms with Gasteiger partial charge < -0.3 is 15.6 Å². The Morgan fingerprint density at radius 1 is 1.50 bits per heavy atom. The van der Waals surface area contributed by atoms with E-state index in [1.54, 1.807) is 0 Å². The summed E-state index contributed by atoms with van der Waals surface area (Å²) in [5, 5.41) is 9.51. The van der Waals surface area contributed by atoms with Crippen LogP contribution in [0.5, 0.6) is 0 Å². The zero-order valence-electron chi connectivity index (χ0n) is 7.18. The number of ether oxygens (including phenoxy) is 1. The number of rotatable bonds is 2. The third-order valence-corrected chi connectivity index (χ3v) is 3.15. The van der Waals surface area contributed by atoms with Crippen molar-refractivity contribution < 1.29 is 9.84 Å². The fourth-order valence-corrected chi connectivity index (χ4v) is 2.46. The Morgan fingerprint density at radius 2 is 2.17 bits per heavy atom. The average Bonchev–Trinajstić information content (AvgIpc) is 2.63. The molecule has 68 valence electrons. The summed E-state index contributed by atoms with van der Waals surface area (Å²) in [4.78, 5) is 0. The van der Waals surface area contributed by atoms with Gasteiger partial charge in [-0.25, -0.2) is 0 Å². The minimum atomic E-state index is -0.694. The molecule has 2 aliphatic carbocycles. The first-order valence-corrected chi connectivity index (χ1v) is 4.39. The molecule has 12 heavy (non-hydrogen) atoms. The number of nitrogens with two attached hydrogens (primary N) is 1. The zero-order chi connectivity index (χ0) is 8.72. The van der Waals surface area contributed by atoms with Gasteiger partial charge in [-0.15, -0.1) is 0 Å². The molecule has 0 amide bonds. The van der Waals surface area contributed by atoms with Crippen LogP contribution in [0.2, 0.25) is 0 Å². The van der Waals surface area contributed by atoms with Gasteiger partial charge in [0, 0.05) is 19.1 Å². The monoisotopic (exact) mass is 169 g/mol. The Kier molecular flexibility index (Phi) is 1.94. The summed E-state index contributed by atoms with van der Waals surface area (Å²) in [6, 6.07) is 0.0787. The lowest BCUT2D eigenvalue weighted by molar-refractivity contribution is -0.122. The third kappa shape index (κ3) is 1.01. The number of allylic oxidation sites excluding steroid dienone is 1. The highest BCUT2D eigenvalue weighted by Gasteiger charge is 2.45. The van der Waals surface area contributed by atoms with Gasteiger partial charge in [0.05, 0.1) is 0 Å².